The molecule has 0 amide bonds. The highest BCUT2D eigenvalue weighted by atomic mass is 35.5. The molecule has 0 saturated carbocycles. The number of rotatable bonds is 1. The zero-order valence-corrected chi connectivity index (χ0v) is 6.95. The van der Waals surface area contributed by atoms with Gasteiger partial charge in [-0.05, 0) is 12.1 Å². The summed E-state index contributed by atoms with van der Waals surface area (Å²) in [4.78, 5) is 0. The molecule has 60 valence electrons. The normalized spacial score (nSPS) is 10.2. The average molecular weight is 195 g/mol. The van der Waals surface area contributed by atoms with Gasteiger partial charge < -0.3 is 5.11 Å². The first kappa shape index (κ1) is 8.78. The van der Waals surface area contributed by atoms with Crippen LogP contribution >= 0.6 is 23.2 Å². The van der Waals surface area contributed by atoms with Crippen LogP contribution in [0.4, 0.5) is 4.39 Å². The molecule has 0 heterocycles. The van der Waals surface area contributed by atoms with Crippen LogP contribution in [0.5, 0.6) is 0 Å². The van der Waals surface area contributed by atoms with Crippen molar-refractivity contribution in [2.75, 3.05) is 0 Å². The second-order valence-corrected chi connectivity index (χ2v) is 2.86. The van der Waals surface area contributed by atoms with Crippen molar-refractivity contribution < 1.29 is 9.50 Å². The minimum Gasteiger partial charge on any atom is -0.392 e. The highest BCUT2D eigenvalue weighted by Gasteiger charge is 2.06. The van der Waals surface area contributed by atoms with E-state index in [-0.39, 0.29) is 10.6 Å². The Balaban J connectivity index is 3.24. The summed E-state index contributed by atoms with van der Waals surface area (Å²) in [5, 5.41) is 8.86. The van der Waals surface area contributed by atoms with Crippen LogP contribution in [0, 0.1) is 5.82 Å². The molecule has 1 rings (SSSR count). The summed E-state index contributed by atoms with van der Waals surface area (Å²) in [7, 11) is 0. The van der Waals surface area contributed by atoms with E-state index in [1.54, 1.807) is 0 Å². The van der Waals surface area contributed by atoms with Crippen LogP contribution in [0.15, 0.2) is 12.1 Å². The van der Waals surface area contributed by atoms with Crippen molar-refractivity contribution in [2.45, 2.75) is 6.61 Å². The third-order valence-corrected chi connectivity index (χ3v) is 1.73. The molecule has 0 aliphatic rings. The van der Waals surface area contributed by atoms with Gasteiger partial charge in [-0.3, -0.25) is 0 Å². The van der Waals surface area contributed by atoms with E-state index < -0.39 is 12.4 Å². The zero-order chi connectivity index (χ0) is 8.43. The molecule has 1 aromatic carbocycles. The Morgan fingerprint density at radius 3 is 2.55 bits per heavy atom. The molecule has 1 aromatic rings. The third-order valence-electron chi connectivity index (χ3n) is 1.24. The van der Waals surface area contributed by atoms with Crippen molar-refractivity contribution in [1.82, 2.24) is 0 Å². The molecule has 11 heavy (non-hydrogen) atoms. The predicted octanol–water partition coefficient (Wildman–Crippen LogP) is 2.62. The molecule has 0 atom stereocenters. The van der Waals surface area contributed by atoms with E-state index in [0.717, 1.165) is 0 Å². The summed E-state index contributed by atoms with van der Waals surface area (Å²) in [5.41, 5.74) is 0.113. The molecule has 0 fully saturated rings. The van der Waals surface area contributed by atoms with E-state index in [4.69, 9.17) is 28.3 Å². The monoisotopic (exact) mass is 194 g/mol. The van der Waals surface area contributed by atoms with E-state index >= 15 is 0 Å². The minimum atomic E-state index is -0.612. The molecule has 0 aliphatic heterocycles. The van der Waals surface area contributed by atoms with Gasteiger partial charge >= 0.3 is 0 Å². The van der Waals surface area contributed by atoms with Crippen LogP contribution < -0.4 is 0 Å². The Labute approximate surface area is 73.4 Å². The van der Waals surface area contributed by atoms with Gasteiger partial charge in [-0.1, -0.05) is 23.2 Å². The first-order valence-electron chi connectivity index (χ1n) is 2.89. The van der Waals surface area contributed by atoms with Crippen LogP contribution in [0.1, 0.15) is 5.56 Å². The fraction of sp³-hybridized carbons (Fsp3) is 0.143. The topological polar surface area (TPSA) is 20.2 Å². The van der Waals surface area contributed by atoms with Crippen LogP contribution in [0.25, 0.3) is 0 Å². The highest BCUT2D eigenvalue weighted by Crippen LogP contribution is 2.23. The van der Waals surface area contributed by atoms with Crippen molar-refractivity contribution in [3.05, 3.63) is 33.6 Å². The van der Waals surface area contributed by atoms with E-state index in [1.165, 1.54) is 12.1 Å². The Kier molecular flexibility index (Phi) is 2.71. The van der Waals surface area contributed by atoms with Gasteiger partial charge in [0, 0.05) is 10.6 Å². The number of hydrogen-bond acceptors (Lipinski definition) is 1. The lowest BCUT2D eigenvalue weighted by molar-refractivity contribution is 0.276. The molecule has 0 bridgehead atoms. The maximum Gasteiger partial charge on any atom is 0.147 e. The second kappa shape index (κ2) is 3.39. The van der Waals surface area contributed by atoms with Crippen molar-refractivity contribution in [1.29, 1.82) is 0 Å². The lowest BCUT2D eigenvalue weighted by Crippen LogP contribution is -1.90. The van der Waals surface area contributed by atoms with Crippen molar-refractivity contribution in [3.8, 4) is 0 Å². The van der Waals surface area contributed by atoms with E-state index in [9.17, 15) is 4.39 Å². The van der Waals surface area contributed by atoms with Crippen molar-refractivity contribution >= 4 is 23.2 Å². The van der Waals surface area contributed by atoms with E-state index in [2.05, 4.69) is 0 Å². The zero-order valence-electron chi connectivity index (χ0n) is 5.44. The molecule has 0 aliphatic carbocycles. The Hall–Kier alpha value is -0.310. The number of aliphatic hydroxyl groups is 1. The largest absolute Gasteiger partial charge is 0.392 e. The fourth-order valence-electron chi connectivity index (χ4n) is 0.724. The summed E-state index contributed by atoms with van der Waals surface area (Å²) >= 11 is 11.0. The summed E-state index contributed by atoms with van der Waals surface area (Å²) < 4.78 is 12.8. The summed E-state index contributed by atoms with van der Waals surface area (Å²) in [5.74, 6) is -0.612. The van der Waals surface area contributed by atoms with Crippen LogP contribution in [-0.2, 0) is 6.61 Å². The predicted molar refractivity (Wildman–Crippen MR) is 42.3 cm³/mol. The van der Waals surface area contributed by atoms with E-state index in [0.29, 0.717) is 5.02 Å². The van der Waals surface area contributed by atoms with Gasteiger partial charge in [0.15, 0.2) is 0 Å². The third kappa shape index (κ3) is 1.83. The molecule has 4 heteroatoms. The number of aliphatic hydroxyl groups excluding tert-OH is 1. The maximum atomic E-state index is 12.8. The number of benzene rings is 1. The second-order valence-electron chi connectivity index (χ2n) is 2.02. The smallest absolute Gasteiger partial charge is 0.147 e. The summed E-state index contributed by atoms with van der Waals surface area (Å²) in [6, 6.07) is 2.63. The van der Waals surface area contributed by atoms with Gasteiger partial charge in [-0.25, -0.2) is 4.39 Å². The SMILES string of the molecule is OCc1cc(Cl)cc(Cl)c1F. The standard InChI is InChI=1S/C7H5Cl2FO/c8-5-1-4(3-11)7(10)6(9)2-5/h1-2,11H,3H2. The van der Waals surface area contributed by atoms with E-state index in [1.807, 2.05) is 0 Å². The number of halogens is 3. The van der Waals surface area contributed by atoms with Crippen LogP contribution in [0.2, 0.25) is 10.0 Å². The summed E-state index contributed by atoms with van der Waals surface area (Å²) in [6.07, 6.45) is 0. The highest BCUT2D eigenvalue weighted by molar-refractivity contribution is 6.34. The van der Waals surface area contributed by atoms with Crippen LogP contribution in [-0.4, -0.2) is 5.11 Å². The van der Waals surface area contributed by atoms with Gasteiger partial charge in [0.25, 0.3) is 0 Å². The Morgan fingerprint density at radius 1 is 1.36 bits per heavy atom. The molecule has 0 radical (unpaired) electrons. The number of hydrogen-bond donors (Lipinski definition) is 1. The van der Waals surface area contributed by atoms with Gasteiger partial charge in [-0.2, -0.15) is 0 Å². The van der Waals surface area contributed by atoms with Crippen molar-refractivity contribution in [2.24, 2.45) is 0 Å². The van der Waals surface area contributed by atoms with Gasteiger partial charge in [0.1, 0.15) is 5.82 Å². The molecule has 1 N–H and O–H groups in total. The Morgan fingerprint density at radius 2 is 2.00 bits per heavy atom. The maximum absolute atomic E-state index is 12.8. The van der Waals surface area contributed by atoms with Gasteiger partial charge in [-0.15, -0.1) is 0 Å². The minimum absolute atomic E-state index is 0.0680. The first-order valence-corrected chi connectivity index (χ1v) is 3.65. The molecular weight excluding hydrogens is 190 g/mol. The quantitative estimate of drug-likeness (QED) is 0.682. The molecule has 0 saturated heterocycles. The van der Waals surface area contributed by atoms with Crippen LogP contribution in [0.3, 0.4) is 0 Å². The fourth-order valence-corrected chi connectivity index (χ4v) is 1.26. The van der Waals surface area contributed by atoms with Crippen molar-refractivity contribution in [3.63, 3.8) is 0 Å². The molecule has 0 unspecified atom stereocenters. The summed E-state index contributed by atoms with van der Waals surface area (Å²) in [6.45, 7) is -0.397. The molecule has 1 nitrogen and oxygen atoms in total. The molecular formula is C7H5Cl2FO. The lowest BCUT2D eigenvalue weighted by Gasteiger charge is -2.00. The van der Waals surface area contributed by atoms with Gasteiger partial charge in [0.05, 0.1) is 11.6 Å². The lowest BCUT2D eigenvalue weighted by atomic mass is 10.2. The Bertz CT molecular complexity index is 275. The van der Waals surface area contributed by atoms with Gasteiger partial charge in [0.2, 0.25) is 0 Å². The first-order chi connectivity index (χ1) is 5.15. The average Bonchev–Trinajstić information content (AvgIpc) is 1.96. The molecule has 0 spiro atoms. The molecule has 0 aromatic heterocycles.